The van der Waals surface area contributed by atoms with Crippen molar-refractivity contribution in [2.45, 2.75) is 6.92 Å². The highest BCUT2D eigenvalue weighted by atomic mass is 35.5. The Morgan fingerprint density at radius 3 is 2.40 bits per heavy atom. The summed E-state index contributed by atoms with van der Waals surface area (Å²) in [5.41, 5.74) is 2.24. The van der Waals surface area contributed by atoms with Crippen LogP contribution >= 0.6 is 23.2 Å². The predicted molar refractivity (Wildman–Crippen MR) is 49.4 cm³/mol. The maximum absolute atomic E-state index is 5.83. The van der Waals surface area contributed by atoms with E-state index in [1.807, 2.05) is 20.8 Å². The van der Waals surface area contributed by atoms with Gasteiger partial charge in [-0.3, -0.25) is 0 Å². The summed E-state index contributed by atoms with van der Waals surface area (Å²) in [4.78, 5) is 0. The third kappa shape index (κ3) is 1.47. The Morgan fingerprint density at radius 1 is 1.30 bits per heavy atom. The molecule has 52 valence electrons. The highest BCUT2D eigenvalue weighted by Gasteiger charge is 1.98. The highest BCUT2D eigenvalue weighted by molar-refractivity contribution is 6.40. The largest absolute Gasteiger partial charge is 0.139 e. The van der Waals surface area contributed by atoms with Crippen LogP contribution in [0.4, 0.5) is 0 Å². The molecule has 0 spiro atoms. The molecule has 1 rings (SSSR count). The molecule has 10 heavy (non-hydrogen) atoms. The summed E-state index contributed by atoms with van der Waals surface area (Å²) in [5, 5.41) is 1.44. The summed E-state index contributed by atoms with van der Waals surface area (Å²) < 4.78 is 0. The third-order valence-corrected chi connectivity index (χ3v) is 2.18. The van der Waals surface area contributed by atoms with Crippen LogP contribution in [-0.4, -0.2) is 7.85 Å². The minimum Gasteiger partial charge on any atom is -0.0843 e. The molecular weight excluding hydrogens is 166 g/mol. The summed E-state index contributed by atoms with van der Waals surface area (Å²) in [7, 11) is 1.99. The Balaban J connectivity index is 3.31. The van der Waals surface area contributed by atoms with E-state index < -0.39 is 0 Å². The van der Waals surface area contributed by atoms with E-state index in [9.17, 15) is 0 Å². The molecule has 0 saturated heterocycles. The summed E-state index contributed by atoms with van der Waals surface area (Å²) in [6.07, 6.45) is 0. The number of halogens is 2. The van der Waals surface area contributed by atoms with Crippen molar-refractivity contribution in [3.8, 4) is 0 Å². The molecule has 1 aromatic carbocycles. The van der Waals surface area contributed by atoms with Crippen molar-refractivity contribution in [2.24, 2.45) is 0 Å². The van der Waals surface area contributed by atoms with Crippen molar-refractivity contribution < 1.29 is 0 Å². The van der Waals surface area contributed by atoms with Crippen molar-refractivity contribution >= 4 is 36.5 Å². The second-order valence-electron chi connectivity index (χ2n) is 2.33. The van der Waals surface area contributed by atoms with Crippen LogP contribution in [-0.2, 0) is 0 Å². The fourth-order valence-corrected chi connectivity index (χ4v) is 1.37. The molecule has 0 heterocycles. The van der Waals surface area contributed by atoms with Gasteiger partial charge in [0.15, 0.2) is 0 Å². The van der Waals surface area contributed by atoms with E-state index in [2.05, 4.69) is 0 Å². The molecule has 0 aliphatic carbocycles. The Labute approximate surface area is 71.6 Å². The van der Waals surface area contributed by atoms with E-state index in [1.54, 1.807) is 6.07 Å². The lowest BCUT2D eigenvalue weighted by Crippen LogP contribution is -2.06. The van der Waals surface area contributed by atoms with Gasteiger partial charge in [0.25, 0.3) is 0 Å². The van der Waals surface area contributed by atoms with Gasteiger partial charge in [0.1, 0.15) is 7.85 Å². The first-order chi connectivity index (χ1) is 4.61. The van der Waals surface area contributed by atoms with E-state index in [0.29, 0.717) is 5.02 Å². The summed E-state index contributed by atoms with van der Waals surface area (Å²) in [6.45, 7) is 1.98. The van der Waals surface area contributed by atoms with Crippen molar-refractivity contribution in [1.29, 1.82) is 0 Å². The smallest absolute Gasteiger partial charge is 0.0843 e. The van der Waals surface area contributed by atoms with E-state index in [1.165, 1.54) is 0 Å². The van der Waals surface area contributed by atoms with Gasteiger partial charge in [0, 0.05) is 10.0 Å². The Hall–Kier alpha value is -0.135. The zero-order valence-corrected chi connectivity index (χ0v) is 7.42. The normalized spacial score (nSPS) is 9.90. The molecular formula is C7H7BCl2. The average molecular weight is 173 g/mol. The number of rotatable bonds is 0. The maximum Gasteiger partial charge on any atom is 0.139 e. The van der Waals surface area contributed by atoms with Gasteiger partial charge in [-0.2, -0.15) is 0 Å². The molecule has 0 nitrogen and oxygen atoms in total. The van der Waals surface area contributed by atoms with Crippen molar-refractivity contribution in [3.05, 3.63) is 27.7 Å². The van der Waals surface area contributed by atoms with E-state index in [4.69, 9.17) is 23.2 Å². The molecule has 0 aromatic heterocycles. The lowest BCUT2D eigenvalue weighted by molar-refractivity contribution is 1.52. The lowest BCUT2D eigenvalue weighted by atomic mass is 9.91. The Bertz CT molecular complexity index is 235. The van der Waals surface area contributed by atoms with Crippen LogP contribution < -0.4 is 5.46 Å². The molecule has 0 amide bonds. The van der Waals surface area contributed by atoms with Crippen LogP contribution in [0.25, 0.3) is 0 Å². The molecule has 0 radical (unpaired) electrons. The van der Waals surface area contributed by atoms with E-state index >= 15 is 0 Å². The molecule has 0 N–H and O–H groups in total. The Kier molecular flexibility index (Phi) is 2.27. The van der Waals surface area contributed by atoms with Gasteiger partial charge in [-0.1, -0.05) is 28.7 Å². The van der Waals surface area contributed by atoms with Gasteiger partial charge < -0.3 is 0 Å². The standard InChI is InChI=1S/C7H7BCl2/c1-4-6(8)2-5(9)3-7(4)10/h2-3H,8H2,1H3. The van der Waals surface area contributed by atoms with Gasteiger partial charge in [-0.05, 0) is 24.6 Å². The lowest BCUT2D eigenvalue weighted by Gasteiger charge is -2.01. The summed E-state index contributed by atoms with van der Waals surface area (Å²) in [5.74, 6) is 0. The van der Waals surface area contributed by atoms with Gasteiger partial charge in [-0.25, -0.2) is 0 Å². The molecule has 0 bridgehead atoms. The SMILES string of the molecule is Bc1cc(Cl)cc(Cl)c1C. The summed E-state index contributed by atoms with van der Waals surface area (Å²) in [6, 6.07) is 3.66. The highest BCUT2D eigenvalue weighted by Crippen LogP contribution is 2.17. The van der Waals surface area contributed by atoms with Crippen LogP contribution in [0.5, 0.6) is 0 Å². The first-order valence-electron chi connectivity index (χ1n) is 3.03. The van der Waals surface area contributed by atoms with Crippen LogP contribution in [0.3, 0.4) is 0 Å². The van der Waals surface area contributed by atoms with E-state index in [0.717, 1.165) is 16.0 Å². The zero-order chi connectivity index (χ0) is 7.72. The molecule has 0 aliphatic heterocycles. The molecule has 1 aromatic rings. The second kappa shape index (κ2) is 2.85. The van der Waals surface area contributed by atoms with Crippen LogP contribution in [0.1, 0.15) is 5.56 Å². The molecule has 0 fully saturated rings. The quantitative estimate of drug-likeness (QED) is 0.522. The molecule has 0 aliphatic rings. The molecule has 0 atom stereocenters. The topological polar surface area (TPSA) is 0 Å². The predicted octanol–water partition coefficient (Wildman–Crippen LogP) is 1.56. The van der Waals surface area contributed by atoms with Crippen molar-refractivity contribution in [2.75, 3.05) is 0 Å². The fourth-order valence-electron chi connectivity index (χ4n) is 0.774. The van der Waals surface area contributed by atoms with Crippen LogP contribution in [0.15, 0.2) is 12.1 Å². The first kappa shape index (κ1) is 7.97. The van der Waals surface area contributed by atoms with Crippen molar-refractivity contribution in [3.63, 3.8) is 0 Å². The Morgan fingerprint density at radius 2 is 1.90 bits per heavy atom. The van der Waals surface area contributed by atoms with Gasteiger partial charge in [0.2, 0.25) is 0 Å². The van der Waals surface area contributed by atoms with Gasteiger partial charge in [-0.15, -0.1) is 0 Å². The van der Waals surface area contributed by atoms with Crippen LogP contribution in [0, 0.1) is 6.92 Å². The van der Waals surface area contributed by atoms with Gasteiger partial charge >= 0.3 is 0 Å². The minimum absolute atomic E-state index is 0.702. The minimum atomic E-state index is 0.702. The first-order valence-corrected chi connectivity index (χ1v) is 3.79. The third-order valence-electron chi connectivity index (χ3n) is 1.57. The second-order valence-corrected chi connectivity index (χ2v) is 3.17. The number of benzene rings is 1. The fraction of sp³-hybridized carbons (Fsp3) is 0.143. The molecule has 0 saturated carbocycles. The zero-order valence-electron chi connectivity index (χ0n) is 5.91. The average Bonchev–Trinajstić information content (AvgIpc) is 1.82. The van der Waals surface area contributed by atoms with Crippen LogP contribution in [0.2, 0.25) is 10.0 Å². The molecule has 3 heteroatoms. The van der Waals surface area contributed by atoms with E-state index in [-0.39, 0.29) is 0 Å². The summed E-state index contributed by atoms with van der Waals surface area (Å²) >= 11 is 11.6. The number of hydrogen-bond acceptors (Lipinski definition) is 0. The van der Waals surface area contributed by atoms with Gasteiger partial charge in [0.05, 0.1) is 0 Å². The maximum atomic E-state index is 5.83. The monoisotopic (exact) mass is 172 g/mol. The number of hydrogen-bond donors (Lipinski definition) is 0. The van der Waals surface area contributed by atoms with Crippen molar-refractivity contribution in [1.82, 2.24) is 0 Å². The molecule has 0 unspecified atom stereocenters.